The van der Waals surface area contributed by atoms with Crippen LogP contribution < -0.4 is 14.8 Å². The lowest BCUT2D eigenvalue weighted by Gasteiger charge is -2.26. The van der Waals surface area contributed by atoms with E-state index in [0.717, 1.165) is 16.8 Å². The van der Waals surface area contributed by atoms with Crippen LogP contribution in [0, 0.1) is 13.8 Å². The molecule has 3 aromatic rings. The Morgan fingerprint density at radius 3 is 2.63 bits per heavy atom. The number of para-hydroxylation sites is 1. The second-order valence-corrected chi connectivity index (χ2v) is 6.56. The molecule has 1 aromatic heterocycles. The molecule has 0 aliphatic carbocycles. The number of rotatable bonds is 4. The number of ether oxygens (including phenoxy) is 2. The molecular formula is C21H22N4O2. The number of hydrogen-bond donors (Lipinski definition) is 1. The molecule has 138 valence electrons. The molecule has 0 radical (unpaired) electrons. The van der Waals surface area contributed by atoms with Gasteiger partial charge in [0.05, 0.1) is 14.2 Å². The highest BCUT2D eigenvalue weighted by Gasteiger charge is 2.27. The molecule has 1 aliphatic rings. The van der Waals surface area contributed by atoms with E-state index >= 15 is 0 Å². The predicted molar refractivity (Wildman–Crippen MR) is 105 cm³/mol. The van der Waals surface area contributed by atoms with Gasteiger partial charge in [-0.1, -0.05) is 24.3 Å². The van der Waals surface area contributed by atoms with Crippen molar-refractivity contribution in [3.63, 3.8) is 0 Å². The number of aromatic nitrogens is 3. The van der Waals surface area contributed by atoms with Crippen LogP contribution in [0.3, 0.4) is 0 Å². The van der Waals surface area contributed by atoms with Gasteiger partial charge in [-0.3, -0.25) is 0 Å². The Kier molecular flexibility index (Phi) is 4.32. The third kappa shape index (κ3) is 2.93. The van der Waals surface area contributed by atoms with Crippen LogP contribution in [-0.2, 0) is 0 Å². The number of hydrogen-bond acceptors (Lipinski definition) is 5. The molecule has 0 unspecified atom stereocenters. The average Bonchev–Trinajstić information content (AvgIpc) is 3.17. The fourth-order valence-corrected chi connectivity index (χ4v) is 3.38. The molecular weight excluding hydrogens is 340 g/mol. The Morgan fingerprint density at radius 1 is 1.04 bits per heavy atom. The van der Waals surface area contributed by atoms with Crippen molar-refractivity contribution >= 4 is 11.6 Å². The monoisotopic (exact) mass is 362 g/mol. The van der Waals surface area contributed by atoms with Crippen molar-refractivity contribution in [2.45, 2.75) is 19.9 Å². The minimum atomic E-state index is -0.162. The molecule has 1 aliphatic heterocycles. The summed E-state index contributed by atoms with van der Waals surface area (Å²) in [5.74, 6) is 2.08. The van der Waals surface area contributed by atoms with Gasteiger partial charge in [-0.25, -0.2) is 4.68 Å². The molecule has 2 heterocycles. The molecule has 6 nitrogen and oxygen atoms in total. The fourth-order valence-electron chi connectivity index (χ4n) is 3.38. The molecule has 6 heteroatoms. The summed E-state index contributed by atoms with van der Waals surface area (Å²) < 4.78 is 13.0. The van der Waals surface area contributed by atoms with Crippen LogP contribution in [0.25, 0.3) is 5.70 Å². The quantitative estimate of drug-likeness (QED) is 0.761. The van der Waals surface area contributed by atoms with E-state index < -0.39 is 0 Å². The van der Waals surface area contributed by atoms with Crippen LogP contribution in [0.15, 0.2) is 48.8 Å². The zero-order chi connectivity index (χ0) is 19.0. The molecule has 0 spiro atoms. The Balaban J connectivity index is 1.86. The fraction of sp³-hybridized carbons (Fsp3) is 0.238. The molecule has 0 amide bonds. The van der Waals surface area contributed by atoms with E-state index in [1.165, 1.54) is 11.1 Å². The first kappa shape index (κ1) is 17.1. The lowest BCUT2D eigenvalue weighted by molar-refractivity contribution is 0.349. The SMILES string of the molecule is COc1cccc([C@@H]2C=C(c3ccc(C)c(C)c3)Nc3ncnn32)c1OC. The van der Waals surface area contributed by atoms with Gasteiger partial charge in [0.25, 0.3) is 0 Å². The minimum Gasteiger partial charge on any atom is -0.493 e. The van der Waals surface area contributed by atoms with Crippen LogP contribution in [-0.4, -0.2) is 29.0 Å². The van der Waals surface area contributed by atoms with Gasteiger partial charge in [-0.05, 0) is 48.7 Å². The van der Waals surface area contributed by atoms with Crippen LogP contribution in [0.1, 0.15) is 28.3 Å². The lowest BCUT2D eigenvalue weighted by Crippen LogP contribution is -2.21. The summed E-state index contributed by atoms with van der Waals surface area (Å²) in [6, 6.07) is 12.1. The first-order chi connectivity index (χ1) is 13.1. The third-order valence-corrected chi connectivity index (χ3v) is 4.98. The van der Waals surface area contributed by atoms with E-state index in [-0.39, 0.29) is 6.04 Å². The number of aryl methyl sites for hydroxylation is 2. The Hall–Kier alpha value is -3.28. The smallest absolute Gasteiger partial charge is 0.226 e. The maximum Gasteiger partial charge on any atom is 0.226 e. The number of fused-ring (bicyclic) bond motifs is 1. The summed E-state index contributed by atoms with van der Waals surface area (Å²) in [5, 5.41) is 7.79. The average molecular weight is 362 g/mol. The van der Waals surface area contributed by atoms with Gasteiger partial charge in [0.1, 0.15) is 12.4 Å². The topological polar surface area (TPSA) is 61.2 Å². The molecule has 4 rings (SSSR count). The summed E-state index contributed by atoms with van der Waals surface area (Å²) in [5.41, 5.74) is 5.58. The van der Waals surface area contributed by atoms with Crippen molar-refractivity contribution < 1.29 is 9.47 Å². The lowest BCUT2D eigenvalue weighted by atomic mass is 9.98. The van der Waals surface area contributed by atoms with Gasteiger partial charge in [0.15, 0.2) is 11.5 Å². The molecule has 1 N–H and O–H groups in total. The van der Waals surface area contributed by atoms with E-state index in [1.807, 2.05) is 22.9 Å². The van der Waals surface area contributed by atoms with Gasteiger partial charge in [0, 0.05) is 11.3 Å². The second kappa shape index (κ2) is 6.79. The summed E-state index contributed by atoms with van der Waals surface area (Å²) >= 11 is 0. The highest BCUT2D eigenvalue weighted by atomic mass is 16.5. The van der Waals surface area contributed by atoms with Gasteiger partial charge in [0.2, 0.25) is 5.95 Å². The Labute approximate surface area is 158 Å². The minimum absolute atomic E-state index is 0.162. The third-order valence-electron chi connectivity index (χ3n) is 4.98. The van der Waals surface area contributed by atoms with Gasteiger partial charge >= 0.3 is 0 Å². The van der Waals surface area contributed by atoms with Crippen LogP contribution >= 0.6 is 0 Å². The maximum atomic E-state index is 5.65. The predicted octanol–water partition coefficient (Wildman–Crippen LogP) is 3.97. The zero-order valence-corrected chi connectivity index (χ0v) is 15.9. The standard InChI is InChI=1S/C21H22N4O2/c1-13-8-9-15(10-14(13)2)17-11-18(25-21(24-17)22-12-23-25)16-6-5-7-19(26-3)20(16)27-4/h5-12,18H,1-4H3,(H,22,23,24)/t18-/m0/s1. The number of nitrogens with one attached hydrogen (secondary N) is 1. The van der Waals surface area contributed by atoms with Crippen molar-refractivity contribution in [3.8, 4) is 11.5 Å². The highest BCUT2D eigenvalue weighted by Crippen LogP contribution is 2.40. The summed E-state index contributed by atoms with van der Waals surface area (Å²) in [6.45, 7) is 4.23. The van der Waals surface area contributed by atoms with E-state index in [4.69, 9.17) is 9.47 Å². The maximum absolute atomic E-state index is 5.65. The van der Waals surface area contributed by atoms with Crippen molar-refractivity contribution in [2.24, 2.45) is 0 Å². The van der Waals surface area contributed by atoms with Gasteiger partial charge in [-0.15, -0.1) is 0 Å². The van der Waals surface area contributed by atoms with Gasteiger partial charge in [-0.2, -0.15) is 10.1 Å². The van der Waals surface area contributed by atoms with Crippen molar-refractivity contribution in [1.82, 2.24) is 14.8 Å². The van der Waals surface area contributed by atoms with Crippen molar-refractivity contribution in [2.75, 3.05) is 19.5 Å². The van der Waals surface area contributed by atoms with E-state index in [1.54, 1.807) is 20.5 Å². The zero-order valence-electron chi connectivity index (χ0n) is 15.9. The van der Waals surface area contributed by atoms with E-state index in [9.17, 15) is 0 Å². The number of allylic oxidation sites excluding steroid dienone is 1. The Bertz CT molecular complexity index is 1020. The normalized spacial score (nSPS) is 15.6. The first-order valence-electron chi connectivity index (χ1n) is 8.79. The first-order valence-corrected chi connectivity index (χ1v) is 8.79. The summed E-state index contributed by atoms with van der Waals surface area (Å²) in [4.78, 5) is 4.37. The molecule has 0 saturated heterocycles. The van der Waals surface area contributed by atoms with Crippen LogP contribution in [0.4, 0.5) is 5.95 Å². The molecule has 0 bridgehead atoms. The molecule has 1 atom stereocenters. The van der Waals surface area contributed by atoms with E-state index in [2.05, 4.69) is 53.5 Å². The molecule has 2 aromatic carbocycles. The molecule has 27 heavy (non-hydrogen) atoms. The van der Waals surface area contributed by atoms with Crippen molar-refractivity contribution in [1.29, 1.82) is 0 Å². The van der Waals surface area contributed by atoms with E-state index in [0.29, 0.717) is 17.4 Å². The van der Waals surface area contributed by atoms with Gasteiger partial charge < -0.3 is 14.8 Å². The largest absolute Gasteiger partial charge is 0.493 e. The molecule has 0 saturated carbocycles. The summed E-state index contributed by atoms with van der Waals surface area (Å²) in [7, 11) is 3.29. The summed E-state index contributed by atoms with van der Waals surface area (Å²) in [6.07, 6.45) is 3.70. The highest BCUT2D eigenvalue weighted by molar-refractivity contribution is 5.78. The second-order valence-electron chi connectivity index (χ2n) is 6.56. The number of methoxy groups -OCH3 is 2. The number of nitrogens with zero attached hydrogens (tertiary/aromatic N) is 3. The van der Waals surface area contributed by atoms with Crippen LogP contribution in [0.5, 0.6) is 11.5 Å². The Morgan fingerprint density at radius 2 is 1.89 bits per heavy atom. The van der Waals surface area contributed by atoms with Crippen LogP contribution in [0.2, 0.25) is 0 Å². The number of benzene rings is 2. The number of anilines is 1. The molecule has 0 fully saturated rings. The van der Waals surface area contributed by atoms with Crippen molar-refractivity contribution in [3.05, 3.63) is 71.1 Å².